The zero-order chi connectivity index (χ0) is 14.8. The quantitative estimate of drug-likeness (QED) is 0.336. The normalized spacial score (nSPS) is 27.2. The van der Waals surface area contributed by atoms with E-state index in [0.29, 0.717) is 15.1 Å². The zero-order valence-electron chi connectivity index (χ0n) is 11.2. The number of benzene rings is 1. The maximum absolute atomic E-state index is 6.45. The summed E-state index contributed by atoms with van der Waals surface area (Å²) in [6, 6.07) is 0. The Morgan fingerprint density at radius 3 is 2.20 bits per heavy atom. The molecule has 4 rings (SSSR count). The van der Waals surface area contributed by atoms with Crippen LogP contribution in [0.4, 0.5) is 0 Å². The van der Waals surface area contributed by atoms with Gasteiger partial charge < -0.3 is 4.74 Å². The maximum atomic E-state index is 6.45. The van der Waals surface area contributed by atoms with Crippen LogP contribution in [-0.2, 0) is 10.3 Å². The number of halogens is 4. The van der Waals surface area contributed by atoms with Crippen molar-refractivity contribution in [2.75, 3.05) is 7.11 Å². The van der Waals surface area contributed by atoms with E-state index >= 15 is 0 Å². The average Bonchev–Trinajstić information content (AvgIpc) is 2.43. The molecule has 0 saturated heterocycles. The molecule has 3 aliphatic carbocycles. The van der Waals surface area contributed by atoms with E-state index < -0.39 is 5.60 Å². The van der Waals surface area contributed by atoms with Crippen LogP contribution in [0.2, 0.25) is 20.1 Å². The summed E-state index contributed by atoms with van der Waals surface area (Å²) in [7, 11) is 1.66. The summed E-state index contributed by atoms with van der Waals surface area (Å²) >= 11 is 25.3. The molecule has 0 spiro atoms. The summed E-state index contributed by atoms with van der Waals surface area (Å²) in [6.07, 6.45) is 4.23. The van der Waals surface area contributed by atoms with Crippen LogP contribution >= 0.6 is 46.4 Å². The first-order valence-corrected chi connectivity index (χ1v) is 7.66. The first-order valence-electron chi connectivity index (χ1n) is 6.15. The Morgan fingerprint density at radius 2 is 1.60 bits per heavy atom. The molecule has 1 aromatic rings. The van der Waals surface area contributed by atoms with E-state index in [1.807, 2.05) is 6.92 Å². The third kappa shape index (κ3) is 1.62. The molecule has 1 aromatic carbocycles. The number of ether oxygens (including phenoxy) is 1. The highest BCUT2D eigenvalue weighted by Gasteiger charge is 2.47. The van der Waals surface area contributed by atoms with Crippen LogP contribution in [0.15, 0.2) is 23.3 Å². The van der Waals surface area contributed by atoms with Crippen molar-refractivity contribution < 1.29 is 4.74 Å². The Balaban J connectivity index is 2.48. The Hall–Kier alpha value is -0.180. The molecule has 0 amide bonds. The predicted octanol–water partition coefficient (Wildman–Crippen LogP) is 6.15. The summed E-state index contributed by atoms with van der Waals surface area (Å²) < 4.78 is 5.82. The SMILES string of the molecule is CO[C@@]12C=C(C)[C@@H](C=C1C)c1c(Cl)c(Cl)c(Cl)c(Cl)c12. The van der Waals surface area contributed by atoms with Crippen LogP contribution in [0.25, 0.3) is 0 Å². The predicted molar refractivity (Wildman–Crippen MR) is 85.4 cm³/mol. The van der Waals surface area contributed by atoms with Crippen molar-refractivity contribution in [3.8, 4) is 0 Å². The molecule has 3 aliphatic rings. The Morgan fingerprint density at radius 1 is 1.00 bits per heavy atom. The van der Waals surface area contributed by atoms with Gasteiger partial charge in [-0.25, -0.2) is 0 Å². The Kier molecular flexibility index (Phi) is 3.43. The molecule has 106 valence electrons. The lowest BCUT2D eigenvalue weighted by Gasteiger charge is -2.45. The summed E-state index contributed by atoms with van der Waals surface area (Å²) in [6.45, 7) is 4.08. The maximum Gasteiger partial charge on any atom is 0.134 e. The summed E-state index contributed by atoms with van der Waals surface area (Å²) in [5.41, 5.74) is 3.26. The van der Waals surface area contributed by atoms with Crippen LogP contribution in [0.1, 0.15) is 30.9 Å². The van der Waals surface area contributed by atoms with E-state index in [1.54, 1.807) is 7.11 Å². The first kappa shape index (κ1) is 14.7. The van der Waals surface area contributed by atoms with Crippen LogP contribution in [0.3, 0.4) is 0 Å². The minimum absolute atomic E-state index is 0.0711. The molecule has 0 N–H and O–H groups in total. The van der Waals surface area contributed by atoms with Gasteiger partial charge in [0.15, 0.2) is 0 Å². The molecular formula is C15H12Cl4O. The van der Waals surface area contributed by atoms with Crippen molar-refractivity contribution in [2.24, 2.45) is 0 Å². The highest BCUT2D eigenvalue weighted by atomic mass is 35.5. The topological polar surface area (TPSA) is 9.23 Å². The van der Waals surface area contributed by atoms with Crippen LogP contribution in [0, 0.1) is 0 Å². The minimum atomic E-state index is -0.705. The zero-order valence-corrected chi connectivity index (χ0v) is 14.2. The first-order chi connectivity index (χ1) is 9.35. The minimum Gasteiger partial charge on any atom is -0.365 e. The molecule has 5 heteroatoms. The smallest absolute Gasteiger partial charge is 0.134 e. The summed E-state index contributed by atoms with van der Waals surface area (Å²) in [5, 5.41) is 1.45. The number of methoxy groups -OCH3 is 1. The Labute approximate surface area is 138 Å². The van der Waals surface area contributed by atoms with E-state index in [-0.39, 0.29) is 10.9 Å². The van der Waals surface area contributed by atoms with Crippen molar-refractivity contribution in [3.63, 3.8) is 0 Å². The van der Waals surface area contributed by atoms with Crippen LogP contribution < -0.4 is 0 Å². The van der Waals surface area contributed by atoms with Gasteiger partial charge in [-0.3, -0.25) is 0 Å². The van der Waals surface area contributed by atoms with Gasteiger partial charge in [0.05, 0.1) is 20.1 Å². The van der Waals surface area contributed by atoms with E-state index in [4.69, 9.17) is 51.1 Å². The molecule has 0 radical (unpaired) electrons. The molecule has 0 aliphatic heterocycles. The highest BCUT2D eigenvalue weighted by molar-refractivity contribution is 6.52. The van der Waals surface area contributed by atoms with E-state index in [0.717, 1.165) is 16.7 Å². The van der Waals surface area contributed by atoms with Crippen molar-refractivity contribution in [3.05, 3.63) is 54.5 Å². The molecule has 2 bridgehead atoms. The highest BCUT2D eigenvalue weighted by Crippen LogP contribution is 2.58. The second-order valence-electron chi connectivity index (χ2n) is 5.20. The monoisotopic (exact) mass is 348 g/mol. The number of rotatable bonds is 1. The molecule has 0 saturated carbocycles. The van der Waals surface area contributed by atoms with E-state index in [2.05, 4.69) is 19.1 Å². The van der Waals surface area contributed by atoms with Crippen molar-refractivity contribution in [1.82, 2.24) is 0 Å². The molecule has 0 fully saturated rings. The third-order valence-electron chi connectivity index (χ3n) is 4.23. The van der Waals surface area contributed by atoms with Crippen molar-refractivity contribution in [1.29, 1.82) is 0 Å². The van der Waals surface area contributed by atoms with Gasteiger partial charge in [0.2, 0.25) is 0 Å². The molecule has 0 aromatic heterocycles. The lowest BCUT2D eigenvalue weighted by Crippen LogP contribution is -2.37. The van der Waals surface area contributed by atoms with Gasteiger partial charge in [0.1, 0.15) is 5.60 Å². The van der Waals surface area contributed by atoms with Gasteiger partial charge >= 0.3 is 0 Å². The standard InChI is InChI=1S/C15H12Cl4O/c1-6-5-15(20-3)7(2)4-8(6)9-10(15)12(17)14(19)13(18)11(9)16/h4-5,8H,1-3H3/t8-,15+/m1/s1. The fourth-order valence-electron chi connectivity index (χ4n) is 3.24. The molecular weight excluding hydrogens is 338 g/mol. The number of hydrogen-bond donors (Lipinski definition) is 0. The van der Waals surface area contributed by atoms with Gasteiger partial charge in [-0.05, 0) is 31.1 Å². The molecule has 1 nitrogen and oxygen atoms in total. The third-order valence-corrected chi connectivity index (χ3v) is 6.05. The molecule has 2 atom stereocenters. The van der Waals surface area contributed by atoms with Crippen LogP contribution in [0.5, 0.6) is 0 Å². The number of allylic oxidation sites excluding steroid dienone is 2. The summed E-state index contributed by atoms with van der Waals surface area (Å²) in [4.78, 5) is 0. The van der Waals surface area contributed by atoms with Gasteiger partial charge in [0.25, 0.3) is 0 Å². The lowest BCUT2D eigenvalue weighted by molar-refractivity contribution is 0.0545. The van der Waals surface area contributed by atoms with Gasteiger partial charge in [0, 0.05) is 18.6 Å². The summed E-state index contributed by atoms with van der Waals surface area (Å²) in [5.74, 6) is 0.0711. The van der Waals surface area contributed by atoms with Gasteiger partial charge in [-0.2, -0.15) is 0 Å². The largest absolute Gasteiger partial charge is 0.365 e. The fraction of sp³-hybridized carbons (Fsp3) is 0.333. The van der Waals surface area contributed by atoms with Crippen molar-refractivity contribution in [2.45, 2.75) is 25.4 Å². The number of hydrogen-bond acceptors (Lipinski definition) is 1. The second kappa shape index (κ2) is 4.66. The van der Waals surface area contributed by atoms with E-state index in [9.17, 15) is 0 Å². The van der Waals surface area contributed by atoms with Gasteiger partial charge in [-0.15, -0.1) is 0 Å². The van der Waals surface area contributed by atoms with E-state index in [1.165, 1.54) is 5.57 Å². The molecule has 0 heterocycles. The lowest BCUT2D eigenvalue weighted by atomic mass is 9.66. The second-order valence-corrected chi connectivity index (χ2v) is 6.71. The average molecular weight is 350 g/mol. The van der Waals surface area contributed by atoms with Gasteiger partial charge in [-0.1, -0.05) is 58.1 Å². The van der Waals surface area contributed by atoms with Crippen LogP contribution in [-0.4, -0.2) is 7.11 Å². The molecule has 0 unspecified atom stereocenters. The fourth-order valence-corrected chi connectivity index (χ4v) is 4.36. The molecule has 20 heavy (non-hydrogen) atoms. The Bertz CT molecular complexity index is 690. The van der Waals surface area contributed by atoms with Crippen molar-refractivity contribution >= 4 is 46.4 Å².